The summed E-state index contributed by atoms with van der Waals surface area (Å²) < 4.78 is 12.9. The molecule has 0 saturated carbocycles. The van der Waals surface area contributed by atoms with Crippen LogP contribution in [-0.4, -0.2) is 45.5 Å². The van der Waals surface area contributed by atoms with Gasteiger partial charge in [-0.05, 0) is 37.5 Å². The second-order valence-electron chi connectivity index (χ2n) is 6.88. The van der Waals surface area contributed by atoms with Gasteiger partial charge in [-0.1, -0.05) is 0 Å². The molecule has 26 heavy (non-hydrogen) atoms. The molecular formula is C18H21N5O3. The van der Waals surface area contributed by atoms with Crippen molar-refractivity contribution in [3.8, 4) is 11.5 Å². The molecule has 4 heterocycles. The van der Waals surface area contributed by atoms with Crippen molar-refractivity contribution in [1.82, 2.24) is 25.0 Å². The third-order valence-corrected chi connectivity index (χ3v) is 5.33. The fourth-order valence-corrected chi connectivity index (χ4v) is 4.00. The molecule has 1 amide bonds. The van der Waals surface area contributed by atoms with Crippen LogP contribution in [-0.2, 0) is 13.1 Å². The summed E-state index contributed by atoms with van der Waals surface area (Å²) >= 11 is 0. The van der Waals surface area contributed by atoms with Crippen LogP contribution >= 0.6 is 0 Å². The first-order valence-electron chi connectivity index (χ1n) is 9.14. The molecule has 1 fully saturated rings. The summed E-state index contributed by atoms with van der Waals surface area (Å²) in [6.07, 6.45) is 3.02. The molecule has 1 aromatic carbocycles. The van der Waals surface area contributed by atoms with Crippen molar-refractivity contribution in [1.29, 1.82) is 0 Å². The SMILES string of the molecule is O=C(c1ccc2c(c1)OCO2)N1CCCCC1c1nnc2n1CCNC2. The largest absolute Gasteiger partial charge is 0.454 e. The number of likely N-dealkylation sites (tertiary alicyclic amines) is 1. The Morgan fingerprint density at radius 2 is 2.08 bits per heavy atom. The molecule has 1 unspecified atom stereocenters. The first kappa shape index (κ1) is 15.6. The zero-order valence-electron chi connectivity index (χ0n) is 14.5. The molecule has 1 N–H and O–H groups in total. The van der Waals surface area contributed by atoms with Crippen molar-refractivity contribution in [2.24, 2.45) is 0 Å². The maximum absolute atomic E-state index is 13.2. The number of hydrogen-bond donors (Lipinski definition) is 1. The van der Waals surface area contributed by atoms with Gasteiger partial charge in [-0.2, -0.15) is 0 Å². The number of hydrogen-bond acceptors (Lipinski definition) is 6. The number of ether oxygens (including phenoxy) is 2. The number of fused-ring (bicyclic) bond motifs is 2. The normalized spacial score (nSPS) is 21.5. The molecule has 3 aliphatic rings. The lowest BCUT2D eigenvalue weighted by molar-refractivity contribution is 0.0593. The zero-order chi connectivity index (χ0) is 17.5. The maximum atomic E-state index is 13.2. The lowest BCUT2D eigenvalue weighted by Gasteiger charge is -2.35. The highest BCUT2D eigenvalue weighted by molar-refractivity contribution is 5.95. The van der Waals surface area contributed by atoms with Crippen molar-refractivity contribution >= 4 is 5.91 Å². The molecule has 5 rings (SSSR count). The Hall–Kier alpha value is -2.61. The van der Waals surface area contributed by atoms with Crippen LogP contribution in [0.4, 0.5) is 0 Å². The van der Waals surface area contributed by atoms with Gasteiger partial charge in [-0.3, -0.25) is 4.79 Å². The third kappa shape index (κ3) is 2.52. The number of nitrogens with zero attached hydrogens (tertiary/aromatic N) is 4. The van der Waals surface area contributed by atoms with E-state index in [2.05, 4.69) is 20.1 Å². The predicted octanol–water partition coefficient (Wildman–Crippen LogP) is 1.48. The van der Waals surface area contributed by atoms with Crippen LogP contribution in [0.2, 0.25) is 0 Å². The summed E-state index contributed by atoms with van der Waals surface area (Å²) in [5, 5.41) is 12.1. The Morgan fingerprint density at radius 1 is 1.15 bits per heavy atom. The summed E-state index contributed by atoms with van der Waals surface area (Å²) in [5.74, 6) is 3.20. The Kier molecular flexibility index (Phi) is 3.77. The van der Waals surface area contributed by atoms with Gasteiger partial charge in [-0.15, -0.1) is 10.2 Å². The van der Waals surface area contributed by atoms with E-state index in [1.807, 2.05) is 11.0 Å². The van der Waals surface area contributed by atoms with Crippen molar-refractivity contribution in [2.45, 2.75) is 38.4 Å². The summed E-state index contributed by atoms with van der Waals surface area (Å²) in [5.41, 5.74) is 0.626. The number of nitrogens with one attached hydrogen (secondary N) is 1. The fraction of sp³-hybridized carbons (Fsp3) is 0.500. The molecule has 1 saturated heterocycles. The molecular weight excluding hydrogens is 334 g/mol. The Balaban J connectivity index is 1.46. The quantitative estimate of drug-likeness (QED) is 0.879. The van der Waals surface area contributed by atoms with Crippen LogP contribution in [0.5, 0.6) is 11.5 Å². The van der Waals surface area contributed by atoms with Crippen LogP contribution in [0, 0.1) is 0 Å². The molecule has 2 aromatic rings. The number of carbonyl (C=O) groups is 1. The highest BCUT2D eigenvalue weighted by Crippen LogP contribution is 2.35. The summed E-state index contributed by atoms with van der Waals surface area (Å²) in [4.78, 5) is 15.2. The van der Waals surface area contributed by atoms with Crippen molar-refractivity contribution in [3.63, 3.8) is 0 Å². The minimum Gasteiger partial charge on any atom is -0.454 e. The maximum Gasteiger partial charge on any atom is 0.254 e. The second kappa shape index (κ2) is 6.28. The van der Waals surface area contributed by atoms with Gasteiger partial charge in [0.05, 0.1) is 12.6 Å². The van der Waals surface area contributed by atoms with E-state index in [1.165, 1.54) is 0 Å². The molecule has 0 aliphatic carbocycles. The fourth-order valence-electron chi connectivity index (χ4n) is 4.00. The van der Waals surface area contributed by atoms with Crippen LogP contribution in [0.15, 0.2) is 18.2 Å². The van der Waals surface area contributed by atoms with Gasteiger partial charge in [0, 0.05) is 25.2 Å². The average molecular weight is 355 g/mol. The molecule has 136 valence electrons. The topological polar surface area (TPSA) is 81.5 Å². The van der Waals surface area contributed by atoms with Gasteiger partial charge in [0.1, 0.15) is 5.82 Å². The van der Waals surface area contributed by atoms with Crippen LogP contribution in [0.1, 0.15) is 47.3 Å². The van der Waals surface area contributed by atoms with E-state index in [-0.39, 0.29) is 18.7 Å². The second-order valence-corrected chi connectivity index (χ2v) is 6.88. The van der Waals surface area contributed by atoms with Gasteiger partial charge in [0.2, 0.25) is 6.79 Å². The Bertz CT molecular complexity index is 849. The standard InChI is InChI=1S/C18H21N5O3/c24-18(12-4-5-14-15(9-12)26-11-25-14)22-7-2-1-3-13(22)17-21-20-16-10-19-6-8-23(16)17/h4-5,9,13,19H,1-3,6-8,10-11H2. The lowest BCUT2D eigenvalue weighted by Crippen LogP contribution is -2.40. The van der Waals surface area contributed by atoms with Crippen LogP contribution in [0.25, 0.3) is 0 Å². The number of amides is 1. The molecule has 8 nitrogen and oxygen atoms in total. The first-order valence-corrected chi connectivity index (χ1v) is 9.14. The van der Waals surface area contributed by atoms with E-state index < -0.39 is 0 Å². The smallest absolute Gasteiger partial charge is 0.254 e. The van der Waals surface area contributed by atoms with E-state index in [1.54, 1.807) is 12.1 Å². The Labute approximate surface area is 151 Å². The molecule has 0 spiro atoms. The summed E-state index contributed by atoms with van der Waals surface area (Å²) in [6, 6.07) is 5.37. The highest BCUT2D eigenvalue weighted by atomic mass is 16.7. The van der Waals surface area contributed by atoms with Crippen molar-refractivity contribution in [2.75, 3.05) is 19.9 Å². The molecule has 3 aliphatic heterocycles. The van der Waals surface area contributed by atoms with Crippen molar-refractivity contribution in [3.05, 3.63) is 35.4 Å². The van der Waals surface area contributed by atoms with Crippen LogP contribution < -0.4 is 14.8 Å². The van der Waals surface area contributed by atoms with Crippen LogP contribution in [0.3, 0.4) is 0 Å². The summed E-state index contributed by atoms with van der Waals surface area (Å²) in [6.45, 7) is 3.43. The number of piperidine rings is 1. The van der Waals surface area contributed by atoms with Gasteiger partial charge in [0.15, 0.2) is 17.3 Å². The molecule has 1 atom stereocenters. The van der Waals surface area contributed by atoms with E-state index in [0.29, 0.717) is 17.1 Å². The van der Waals surface area contributed by atoms with E-state index in [4.69, 9.17) is 9.47 Å². The molecule has 1 aromatic heterocycles. The Morgan fingerprint density at radius 3 is 3.04 bits per heavy atom. The van der Waals surface area contributed by atoms with E-state index in [9.17, 15) is 4.79 Å². The zero-order valence-corrected chi connectivity index (χ0v) is 14.5. The molecule has 0 radical (unpaired) electrons. The number of aromatic nitrogens is 3. The predicted molar refractivity (Wildman–Crippen MR) is 91.9 cm³/mol. The monoisotopic (exact) mass is 355 g/mol. The highest BCUT2D eigenvalue weighted by Gasteiger charge is 2.33. The number of benzene rings is 1. The first-order chi connectivity index (χ1) is 12.8. The van der Waals surface area contributed by atoms with Gasteiger partial charge in [0.25, 0.3) is 5.91 Å². The summed E-state index contributed by atoms with van der Waals surface area (Å²) in [7, 11) is 0. The van der Waals surface area contributed by atoms with E-state index in [0.717, 1.165) is 57.1 Å². The van der Waals surface area contributed by atoms with Gasteiger partial charge >= 0.3 is 0 Å². The van der Waals surface area contributed by atoms with Gasteiger partial charge < -0.3 is 24.3 Å². The lowest BCUT2D eigenvalue weighted by atomic mass is 9.99. The van der Waals surface area contributed by atoms with Gasteiger partial charge in [-0.25, -0.2) is 0 Å². The number of carbonyl (C=O) groups excluding carboxylic acids is 1. The minimum atomic E-state index is -0.0268. The number of rotatable bonds is 2. The van der Waals surface area contributed by atoms with Crippen molar-refractivity contribution < 1.29 is 14.3 Å². The van der Waals surface area contributed by atoms with E-state index >= 15 is 0 Å². The molecule has 0 bridgehead atoms. The molecule has 8 heteroatoms. The average Bonchev–Trinajstić information content (AvgIpc) is 3.33. The minimum absolute atomic E-state index is 0.0132. The third-order valence-electron chi connectivity index (χ3n) is 5.33.